The minimum absolute atomic E-state index is 0.0349. The second-order valence-corrected chi connectivity index (χ2v) is 7.14. The molecular formula is C20H28N6O2. The third-order valence-corrected chi connectivity index (χ3v) is 4.81. The molecule has 0 bridgehead atoms. The fourth-order valence-electron chi connectivity index (χ4n) is 3.42. The number of likely N-dealkylation sites (tertiary alicyclic amines) is 1. The van der Waals surface area contributed by atoms with Crippen LogP contribution in [0.2, 0.25) is 0 Å². The molecule has 0 aromatic carbocycles. The number of hydrogen-bond acceptors (Lipinski definition) is 7. The number of aromatic nitrogens is 3. The second kappa shape index (κ2) is 10.1. The van der Waals surface area contributed by atoms with E-state index in [0.717, 1.165) is 37.3 Å². The van der Waals surface area contributed by atoms with Crippen molar-refractivity contribution in [3.05, 3.63) is 42.5 Å². The van der Waals surface area contributed by atoms with E-state index in [1.807, 2.05) is 19.2 Å². The molecule has 1 amide bonds. The summed E-state index contributed by atoms with van der Waals surface area (Å²) < 4.78 is 5.05. The normalized spacial score (nSPS) is 16.5. The molecule has 0 aliphatic carbocycles. The van der Waals surface area contributed by atoms with Crippen molar-refractivity contribution in [2.24, 2.45) is 0 Å². The lowest BCUT2D eigenvalue weighted by Crippen LogP contribution is -2.44. The Morgan fingerprint density at radius 3 is 2.64 bits per heavy atom. The van der Waals surface area contributed by atoms with E-state index in [4.69, 9.17) is 4.74 Å². The minimum atomic E-state index is 0.0349. The highest BCUT2D eigenvalue weighted by atomic mass is 16.5. The highest BCUT2D eigenvalue weighted by Gasteiger charge is 2.23. The molecule has 150 valence electrons. The molecule has 8 heteroatoms. The van der Waals surface area contributed by atoms with Crippen molar-refractivity contribution in [2.75, 3.05) is 38.7 Å². The summed E-state index contributed by atoms with van der Waals surface area (Å²) in [5.74, 6) is 1.04. The number of hydrogen-bond donors (Lipinski definition) is 2. The van der Waals surface area contributed by atoms with Gasteiger partial charge in [0.05, 0.1) is 25.0 Å². The largest absolute Gasteiger partial charge is 0.383 e. The van der Waals surface area contributed by atoms with Crippen LogP contribution in [0.25, 0.3) is 0 Å². The van der Waals surface area contributed by atoms with E-state index in [0.29, 0.717) is 25.0 Å². The predicted octanol–water partition coefficient (Wildman–Crippen LogP) is 1.95. The number of nitrogens with zero attached hydrogens (tertiary/aromatic N) is 4. The van der Waals surface area contributed by atoms with Gasteiger partial charge in [0.2, 0.25) is 11.9 Å². The molecule has 0 spiro atoms. The Balaban J connectivity index is 1.45. The van der Waals surface area contributed by atoms with Crippen LogP contribution in [0.5, 0.6) is 0 Å². The topological polar surface area (TPSA) is 92.3 Å². The minimum Gasteiger partial charge on any atom is -0.383 e. The van der Waals surface area contributed by atoms with Gasteiger partial charge in [0, 0.05) is 37.2 Å². The molecule has 0 saturated carbocycles. The Morgan fingerprint density at radius 1 is 1.25 bits per heavy atom. The van der Waals surface area contributed by atoms with Crippen LogP contribution < -0.4 is 10.6 Å². The fourth-order valence-corrected chi connectivity index (χ4v) is 3.42. The number of piperidine rings is 1. The molecule has 2 N–H and O–H groups in total. The quantitative estimate of drug-likeness (QED) is 0.718. The summed E-state index contributed by atoms with van der Waals surface area (Å²) in [6.07, 6.45) is 7.22. The number of carbonyl (C=O) groups excluding carboxylic acids is 1. The second-order valence-electron chi connectivity index (χ2n) is 7.14. The Labute approximate surface area is 165 Å². The third-order valence-electron chi connectivity index (χ3n) is 4.81. The van der Waals surface area contributed by atoms with E-state index < -0.39 is 0 Å². The zero-order valence-electron chi connectivity index (χ0n) is 16.5. The number of methoxy groups -OCH3 is 1. The van der Waals surface area contributed by atoms with Crippen LogP contribution in [0.1, 0.15) is 31.4 Å². The molecule has 2 aromatic heterocycles. The van der Waals surface area contributed by atoms with Gasteiger partial charge >= 0.3 is 0 Å². The Morgan fingerprint density at radius 2 is 2.00 bits per heavy atom. The van der Waals surface area contributed by atoms with Crippen molar-refractivity contribution in [3.63, 3.8) is 0 Å². The maximum absolute atomic E-state index is 12.1. The SMILES string of the molecule is COC[C@H](C)NC(=O)CN1CCC(c2ccc(Nc3ncccn3)cn2)CC1. The fraction of sp³-hybridized carbons (Fsp3) is 0.500. The molecule has 0 unspecified atom stereocenters. The van der Waals surface area contributed by atoms with Gasteiger partial charge in [-0.1, -0.05) is 0 Å². The molecule has 8 nitrogen and oxygen atoms in total. The molecule has 1 aliphatic heterocycles. The van der Waals surface area contributed by atoms with Crippen molar-refractivity contribution in [1.82, 2.24) is 25.2 Å². The average Bonchev–Trinajstić information content (AvgIpc) is 2.70. The van der Waals surface area contributed by atoms with E-state index in [1.54, 1.807) is 25.6 Å². The van der Waals surface area contributed by atoms with Crippen molar-refractivity contribution in [1.29, 1.82) is 0 Å². The van der Waals surface area contributed by atoms with E-state index in [1.165, 1.54) is 0 Å². The van der Waals surface area contributed by atoms with Crippen molar-refractivity contribution < 1.29 is 9.53 Å². The van der Waals surface area contributed by atoms with Gasteiger partial charge in [-0.15, -0.1) is 0 Å². The van der Waals surface area contributed by atoms with Gasteiger partial charge < -0.3 is 15.4 Å². The molecule has 0 radical (unpaired) electrons. The van der Waals surface area contributed by atoms with Crippen molar-refractivity contribution in [3.8, 4) is 0 Å². The third kappa shape index (κ3) is 5.97. The highest BCUT2D eigenvalue weighted by Crippen LogP contribution is 2.27. The van der Waals surface area contributed by atoms with Crippen LogP contribution in [-0.4, -0.2) is 65.2 Å². The number of nitrogens with one attached hydrogen (secondary N) is 2. The van der Waals surface area contributed by atoms with Crippen LogP contribution in [0, 0.1) is 0 Å². The standard InChI is InChI=1S/C20H28N6O2/c1-15(14-28-2)24-19(27)13-26-10-6-16(7-11-26)18-5-4-17(12-23-18)25-20-21-8-3-9-22-20/h3-5,8-9,12,15-16H,6-7,10-11,13-14H2,1-2H3,(H,24,27)(H,21,22,25)/t15-/m0/s1. The van der Waals surface area contributed by atoms with Crippen LogP contribution in [0.4, 0.5) is 11.6 Å². The van der Waals surface area contributed by atoms with Crippen LogP contribution in [0.3, 0.4) is 0 Å². The first-order chi connectivity index (χ1) is 13.6. The number of anilines is 2. The van der Waals surface area contributed by atoms with Crippen molar-refractivity contribution >= 4 is 17.5 Å². The lowest BCUT2D eigenvalue weighted by molar-refractivity contribution is -0.123. The summed E-state index contributed by atoms with van der Waals surface area (Å²) in [5, 5.41) is 6.10. The molecule has 3 rings (SSSR count). The van der Waals surface area contributed by atoms with Gasteiger partial charge in [0.25, 0.3) is 0 Å². The van der Waals surface area contributed by atoms with Gasteiger partial charge in [-0.25, -0.2) is 9.97 Å². The van der Waals surface area contributed by atoms with E-state index >= 15 is 0 Å². The average molecular weight is 384 g/mol. The Kier molecular flexibility index (Phi) is 7.27. The molecule has 1 aliphatic rings. The summed E-state index contributed by atoms with van der Waals surface area (Å²) in [7, 11) is 1.64. The number of ether oxygens (including phenoxy) is 1. The molecule has 28 heavy (non-hydrogen) atoms. The zero-order chi connectivity index (χ0) is 19.8. The summed E-state index contributed by atoms with van der Waals surface area (Å²) in [6, 6.07) is 5.89. The van der Waals surface area contributed by atoms with Gasteiger partial charge in [0.1, 0.15) is 0 Å². The van der Waals surface area contributed by atoms with Gasteiger partial charge in [-0.05, 0) is 51.1 Å². The zero-order valence-corrected chi connectivity index (χ0v) is 16.5. The summed E-state index contributed by atoms with van der Waals surface area (Å²) in [4.78, 5) is 27.2. The molecule has 3 heterocycles. The van der Waals surface area contributed by atoms with Crippen LogP contribution in [0.15, 0.2) is 36.8 Å². The molecule has 1 saturated heterocycles. The van der Waals surface area contributed by atoms with Crippen LogP contribution in [-0.2, 0) is 9.53 Å². The summed E-state index contributed by atoms with van der Waals surface area (Å²) in [6.45, 7) is 4.71. The van der Waals surface area contributed by atoms with E-state index in [9.17, 15) is 4.79 Å². The Hall–Kier alpha value is -2.58. The van der Waals surface area contributed by atoms with Gasteiger partial charge in [-0.3, -0.25) is 14.7 Å². The first-order valence-corrected chi connectivity index (χ1v) is 9.64. The monoisotopic (exact) mass is 384 g/mol. The lowest BCUT2D eigenvalue weighted by atomic mass is 9.93. The van der Waals surface area contributed by atoms with Gasteiger partial charge in [0.15, 0.2) is 0 Å². The molecule has 1 fully saturated rings. The highest BCUT2D eigenvalue weighted by molar-refractivity contribution is 5.78. The number of pyridine rings is 1. The van der Waals surface area contributed by atoms with Gasteiger partial charge in [-0.2, -0.15) is 0 Å². The van der Waals surface area contributed by atoms with Crippen LogP contribution >= 0.6 is 0 Å². The number of carbonyl (C=O) groups is 1. The smallest absolute Gasteiger partial charge is 0.234 e. The number of amides is 1. The number of rotatable bonds is 8. The molecular weight excluding hydrogens is 356 g/mol. The lowest BCUT2D eigenvalue weighted by Gasteiger charge is -2.31. The first-order valence-electron chi connectivity index (χ1n) is 9.64. The maximum Gasteiger partial charge on any atom is 0.234 e. The molecule has 1 atom stereocenters. The first kappa shape index (κ1) is 20.2. The summed E-state index contributed by atoms with van der Waals surface area (Å²) in [5.41, 5.74) is 1.96. The van der Waals surface area contributed by atoms with Crippen molar-refractivity contribution in [2.45, 2.75) is 31.7 Å². The summed E-state index contributed by atoms with van der Waals surface area (Å²) >= 11 is 0. The Bertz CT molecular complexity index is 732. The molecule has 2 aromatic rings. The predicted molar refractivity (Wildman–Crippen MR) is 107 cm³/mol. The maximum atomic E-state index is 12.1. The van der Waals surface area contributed by atoms with E-state index in [-0.39, 0.29) is 11.9 Å². The van der Waals surface area contributed by atoms with E-state index in [2.05, 4.69) is 36.6 Å².